The summed E-state index contributed by atoms with van der Waals surface area (Å²) in [6.45, 7) is 4.21. The average molecular weight is 255 g/mol. The Kier molecular flexibility index (Phi) is 5.41. The topological polar surface area (TPSA) is 38.9 Å². The monoisotopic (exact) mass is 254 g/mol. The first-order valence-corrected chi connectivity index (χ1v) is 6.35. The van der Waals surface area contributed by atoms with Crippen molar-refractivity contribution in [2.75, 3.05) is 0 Å². The smallest absolute Gasteiger partial charge is 0.0375 e. The van der Waals surface area contributed by atoms with Crippen molar-refractivity contribution in [1.82, 2.24) is 4.98 Å². The van der Waals surface area contributed by atoms with E-state index in [-0.39, 0.29) is 12.4 Å². The molecule has 1 aliphatic rings. The number of nitrogens with zero attached hydrogens (tertiary/aromatic N) is 1. The van der Waals surface area contributed by atoms with Gasteiger partial charge in [-0.3, -0.25) is 4.98 Å². The number of rotatable bonds is 2. The molecule has 0 amide bonds. The maximum atomic E-state index is 5.97. The standard InChI is InChI=1S/C14H22N2.ClH/c1-10-9-14(7-8-16-10)13-5-3-12(4-6-13)11(2)15;/h7-9,11-13H,3-6,15H2,1-2H3;1H. The van der Waals surface area contributed by atoms with E-state index in [9.17, 15) is 0 Å². The van der Waals surface area contributed by atoms with Crippen LogP contribution in [0.4, 0.5) is 0 Å². The van der Waals surface area contributed by atoms with Crippen molar-refractivity contribution in [2.45, 2.75) is 51.5 Å². The second kappa shape index (κ2) is 6.36. The molecule has 96 valence electrons. The number of halogens is 1. The molecule has 1 heterocycles. The fourth-order valence-corrected chi connectivity index (χ4v) is 2.80. The number of hydrogen-bond donors (Lipinski definition) is 1. The van der Waals surface area contributed by atoms with Crippen LogP contribution in [0.15, 0.2) is 18.3 Å². The van der Waals surface area contributed by atoms with E-state index in [4.69, 9.17) is 5.73 Å². The minimum atomic E-state index is 0. The SMILES string of the molecule is Cc1cc(C2CCC(C(C)N)CC2)ccn1.Cl. The third-order valence-corrected chi connectivity index (χ3v) is 3.91. The molecule has 1 fully saturated rings. The summed E-state index contributed by atoms with van der Waals surface area (Å²) in [7, 11) is 0. The van der Waals surface area contributed by atoms with Gasteiger partial charge in [-0.1, -0.05) is 0 Å². The highest BCUT2D eigenvalue weighted by molar-refractivity contribution is 5.85. The van der Waals surface area contributed by atoms with Crippen LogP contribution < -0.4 is 5.73 Å². The number of hydrogen-bond acceptors (Lipinski definition) is 2. The van der Waals surface area contributed by atoms with Crippen LogP contribution in [0.3, 0.4) is 0 Å². The average Bonchev–Trinajstić information content (AvgIpc) is 2.29. The van der Waals surface area contributed by atoms with Gasteiger partial charge in [-0.05, 0) is 69.1 Å². The second-order valence-electron chi connectivity index (χ2n) is 5.20. The highest BCUT2D eigenvalue weighted by Crippen LogP contribution is 2.36. The van der Waals surface area contributed by atoms with Crippen LogP contribution in [0.25, 0.3) is 0 Å². The summed E-state index contributed by atoms with van der Waals surface area (Å²) < 4.78 is 0. The molecule has 2 nitrogen and oxygen atoms in total. The van der Waals surface area contributed by atoms with Crippen molar-refractivity contribution >= 4 is 12.4 Å². The molecular formula is C14H23ClN2. The predicted octanol–water partition coefficient (Wildman–Crippen LogP) is 3.43. The fourth-order valence-electron chi connectivity index (χ4n) is 2.80. The molecule has 0 saturated heterocycles. The minimum Gasteiger partial charge on any atom is -0.328 e. The van der Waals surface area contributed by atoms with Crippen LogP contribution in [0, 0.1) is 12.8 Å². The number of nitrogens with two attached hydrogens (primary N) is 1. The molecule has 1 aromatic rings. The van der Waals surface area contributed by atoms with E-state index in [1.165, 1.54) is 31.2 Å². The van der Waals surface area contributed by atoms with E-state index in [0.29, 0.717) is 6.04 Å². The van der Waals surface area contributed by atoms with Gasteiger partial charge in [0.2, 0.25) is 0 Å². The zero-order valence-electron chi connectivity index (χ0n) is 10.7. The third kappa shape index (κ3) is 3.68. The normalized spacial score (nSPS) is 26.1. The van der Waals surface area contributed by atoms with E-state index in [2.05, 4.69) is 31.0 Å². The summed E-state index contributed by atoms with van der Waals surface area (Å²) in [5.74, 6) is 1.47. The highest BCUT2D eigenvalue weighted by Gasteiger charge is 2.24. The number of pyridine rings is 1. The Morgan fingerprint density at radius 2 is 1.94 bits per heavy atom. The molecule has 1 aliphatic carbocycles. The summed E-state index contributed by atoms with van der Waals surface area (Å²) in [6, 6.07) is 4.76. The first kappa shape index (κ1) is 14.5. The van der Waals surface area contributed by atoms with Crippen LogP contribution in [0.5, 0.6) is 0 Å². The van der Waals surface area contributed by atoms with Crippen LogP contribution in [0.1, 0.15) is 49.8 Å². The van der Waals surface area contributed by atoms with Gasteiger partial charge in [0.15, 0.2) is 0 Å². The maximum absolute atomic E-state index is 5.97. The highest BCUT2D eigenvalue weighted by atomic mass is 35.5. The fraction of sp³-hybridized carbons (Fsp3) is 0.643. The van der Waals surface area contributed by atoms with Gasteiger partial charge in [0.1, 0.15) is 0 Å². The Bertz CT molecular complexity index is 344. The van der Waals surface area contributed by atoms with E-state index >= 15 is 0 Å². The van der Waals surface area contributed by atoms with Crippen LogP contribution in [-0.2, 0) is 0 Å². The van der Waals surface area contributed by atoms with Gasteiger partial charge in [0.25, 0.3) is 0 Å². The van der Waals surface area contributed by atoms with Crippen molar-refractivity contribution in [1.29, 1.82) is 0 Å². The molecule has 0 radical (unpaired) electrons. The molecule has 0 bridgehead atoms. The first-order valence-electron chi connectivity index (χ1n) is 6.35. The molecule has 0 aliphatic heterocycles. The maximum Gasteiger partial charge on any atom is 0.0375 e. The van der Waals surface area contributed by atoms with Gasteiger partial charge >= 0.3 is 0 Å². The second-order valence-corrected chi connectivity index (χ2v) is 5.20. The molecule has 1 atom stereocenters. The van der Waals surface area contributed by atoms with E-state index in [1.807, 2.05) is 6.20 Å². The van der Waals surface area contributed by atoms with E-state index in [1.54, 1.807) is 0 Å². The van der Waals surface area contributed by atoms with Crippen molar-refractivity contribution in [2.24, 2.45) is 11.7 Å². The van der Waals surface area contributed by atoms with Crippen molar-refractivity contribution in [3.63, 3.8) is 0 Å². The Labute approximate surface area is 110 Å². The third-order valence-electron chi connectivity index (χ3n) is 3.91. The molecular weight excluding hydrogens is 232 g/mol. The van der Waals surface area contributed by atoms with E-state index < -0.39 is 0 Å². The van der Waals surface area contributed by atoms with Gasteiger partial charge in [-0.15, -0.1) is 12.4 Å². The molecule has 3 heteroatoms. The lowest BCUT2D eigenvalue weighted by molar-refractivity contribution is 0.291. The Balaban J connectivity index is 0.00000144. The molecule has 1 aromatic heterocycles. The summed E-state index contributed by atoms with van der Waals surface area (Å²) in [4.78, 5) is 4.26. The number of aromatic nitrogens is 1. The summed E-state index contributed by atoms with van der Waals surface area (Å²) in [5.41, 5.74) is 8.56. The summed E-state index contributed by atoms with van der Waals surface area (Å²) in [5, 5.41) is 0. The molecule has 2 N–H and O–H groups in total. The van der Waals surface area contributed by atoms with Gasteiger partial charge < -0.3 is 5.73 Å². The zero-order valence-corrected chi connectivity index (χ0v) is 11.5. The quantitative estimate of drug-likeness (QED) is 0.878. The minimum absolute atomic E-state index is 0. The van der Waals surface area contributed by atoms with E-state index in [0.717, 1.165) is 17.5 Å². The van der Waals surface area contributed by atoms with Crippen molar-refractivity contribution < 1.29 is 0 Å². The first-order chi connectivity index (χ1) is 7.66. The molecule has 17 heavy (non-hydrogen) atoms. The lowest BCUT2D eigenvalue weighted by Crippen LogP contribution is -2.29. The lowest BCUT2D eigenvalue weighted by atomic mass is 9.76. The molecule has 1 saturated carbocycles. The van der Waals surface area contributed by atoms with Crippen LogP contribution in [-0.4, -0.2) is 11.0 Å². The van der Waals surface area contributed by atoms with Crippen LogP contribution >= 0.6 is 12.4 Å². The van der Waals surface area contributed by atoms with Gasteiger partial charge in [0.05, 0.1) is 0 Å². The summed E-state index contributed by atoms with van der Waals surface area (Å²) in [6.07, 6.45) is 7.07. The Hall–Kier alpha value is -0.600. The largest absolute Gasteiger partial charge is 0.328 e. The van der Waals surface area contributed by atoms with Gasteiger partial charge in [-0.2, -0.15) is 0 Å². The predicted molar refractivity (Wildman–Crippen MR) is 74.6 cm³/mol. The number of aryl methyl sites for hydroxylation is 1. The summed E-state index contributed by atoms with van der Waals surface area (Å²) >= 11 is 0. The van der Waals surface area contributed by atoms with Gasteiger partial charge in [-0.25, -0.2) is 0 Å². The van der Waals surface area contributed by atoms with Crippen LogP contribution in [0.2, 0.25) is 0 Å². The molecule has 0 spiro atoms. The Morgan fingerprint density at radius 3 is 2.47 bits per heavy atom. The van der Waals surface area contributed by atoms with Crippen molar-refractivity contribution in [3.05, 3.63) is 29.6 Å². The molecule has 2 rings (SSSR count). The zero-order chi connectivity index (χ0) is 11.5. The molecule has 1 unspecified atom stereocenters. The van der Waals surface area contributed by atoms with Gasteiger partial charge in [0, 0.05) is 17.9 Å². The molecule has 0 aromatic carbocycles. The lowest BCUT2D eigenvalue weighted by Gasteiger charge is -2.31. The van der Waals surface area contributed by atoms with Crippen molar-refractivity contribution in [3.8, 4) is 0 Å². The Morgan fingerprint density at radius 1 is 1.29 bits per heavy atom.